The summed E-state index contributed by atoms with van der Waals surface area (Å²) in [6.45, 7) is 0.631. The fraction of sp³-hybridized carbons (Fsp3) is 0.0556. The van der Waals surface area contributed by atoms with E-state index in [1.807, 2.05) is 23.0 Å². The van der Waals surface area contributed by atoms with Crippen molar-refractivity contribution in [2.75, 3.05) is 6.26 Å². The first kappa shape index (κ1) is 46.9. The summed E-state index contributed by atoms with van der Waals surface area (Å²) in [5, 5.41) is 0. The van der Waals surface area contributed by atoms with Gasteiger partial charge in [0.1, 0.15) is 52.7 Å². The molecule has 62 heavy (non-hydrogen) atoms. The van der Waals surface area contributed by atoms with E-state index in [2.05, 4.69) is 4.98 Å². The third-order valence-corrected chi connectivity index (χ3v) is 10.2. The largest absolute Gasteiger partial charge is 0.252 e. The molecule has 0 atom stereocenters. The van der Waals surface area contributed by atoms with Crippen LogP contribution in [0.5, 0.6) is 0 Å². The Labute approximate surface area is 332 Å². The van der Waals surface area contributed by atoms with Crippen LogP contribution in [0.15, 0.2) is 53.9 Å². The van der Waals surface area contributed by atoms with E-state index >= 15 is 35.1 Å². The molecule has 26 heteroatoms. The van der Waals surface area contributed by atoms with Crippen molar-refractivity contribution >= 4 is 37.8 Å². The third-order valence-electron chi connectivity index (χ3n) is 9.09. The van der Waals surface area contributed by atoms with E-state index in [-0.39, 0.29) is 0 Å². The maximum atomic E-state index is 15.4. The number of aromatic nitrogens is 2. The molecule has 0 aliphatic rings. The zero-order valence-electron chi connectivity index (χ0n) is 29.6. The Morgan fingerprint density at radius 3 is 0.952 bits per heavy atom. The highest BCUT2D eigenvalue weighted by molar-refractivity contribution is 7.90. The van der Waals surface area contributed by atoms with Gasteiger partial charge in [-0.05, 0) is 12.1 Å². The first-order valence-corrected chi connectivity index (χ1v) is 18.0. The van der Waals surface area contributed by atoms with E-state index in [1.165, 1.54) is 6.26 Å². The summed E-state index contributed by atoms with van der Waals surface area (Å²) in [6, 6.07) is 6.97. The standard InChI is InChI=1S/C24BF20.C12H13N2O2S/c26-5-1(6(27)14(35)21(42)13(5)34)25(2-7(28)15(36)22(43)16(37)8(2)29,3-9(30)17(38)23(44)18(39)10(3)31)4-11(32)19(40)24(45)20(41)12(4)33;1-17(15,16)12-4-2-3-11(9-12)10-14-7-5-13-6-8-14/h;2-9H,10H2,1H3/q-1;+1. The smallest absolute Gasteiger partial charge is 0.200 e. The van der Waals surface area contributed by atoms with E-state index in [1.54, 1.807) is 30.6 Å². The predicted molar refractivity (Wildman–Crippen MR) is 172 cm³/mol. The Balaban J connectivity index is 0.000000355. The minimum absolute atomic E-state index is 0.352. The topological polar surface area (TPSA) is 50.9 Å². The van der Waals surface area contributed by atoms with Crippen LogP contribution >= 0.6 is 0 Å². The lowest BCUT2D eigenvalue weighted by Crippen LogP contribution is -2.81. The summed E-state index contributed by atoms with van der Waals surface area (Å²) >= 11 is 0. The van der Waals surface area contributed by atoms with E-state index in [0.29, 0.717) is 11.4 Å². The number of benzene rings is 5. The average Bonchev–Trinajstić information content (AvgIpc) is 3.24. The van der Waals surface area contributed by atoms with Crippen LogP contribution in [-0.4, -0.2) is 25.8 Å². The van der Waals surface area contributed by atoms with E-state index in [9.17, 15) is 61.1 Å². The highest BCUT2D eigenvalue weighted by Gasteiger charge is 2.52. The maximum Gasteiger partial charge on any atom is 0.200 e. The second kappa shape index (κ2) is 16.9. The summed E-state index contributed by atoms with van der Waals surface area (Å²) in [7, 11) is -3.14. The van der Waals surface area contributed by atoms with E-state index in [0.717, 1.165) is 5.56 Å². The predicted octanol–water partition coefficient (Wildman–Crippen LogP) is 6.67. The van der Waals surface area contributed by atoms with Crippen LogP contribution in [0, 0.1) is 116 Å². The van der Waals surface area contributed by atoms with Gasteiger partial charge in [-0.25, -0.2) is 96.2 Å². The Kier molecular flexibility index (Phi) is 12.8. The van der Waals surface area contributed by atoms with Crippen LogP contribution in [-0.2, 0) is 16.4 Å². The van der Waals surface area contributed by atoms with Crippen LogP contribution in [0.4, 0.5) is 87.8 Å². The summed E-state index contributed by atoms with van der Waals surface area (Å²) in [5.41, 5.74) is -13.4. The number of hydrogen-bond donors (Lipinski definition) is 0. The molecule has 0 unspecified atom stereocenters. The molecule has 0 bridgehead atoms. The summed E-state index contributed by atoms with van der Waals surface area (Å²) < 4.78 is 319. The molecule has 0 fully saturated rings. The van der Waals surface area contributed by atoms with Gasteiger partial charge in [0.05, 0.1) is 17.3 Å². The van der Waals surface area contributed by atoms with Gasteiger partial charge in [0.15, 0.2) is 98.6 Å². The van der Waals surface area contributed by atoms with Crippen LogP contribution in [0.25, 0.3) is 0 Å². The highest BCUT2D eigenvalue weighted by Crippen LogP contribution is 2.30. The highest BCUT2D eigenvalue weighted by atomic mass is 32.2. The summed E-state index contributed by atoms with van der Waals surface area (Å²) in [5.74, 6) is -71.4. The number of nitrogens with zero attached hydrogens (tertiary/aromatic N) is 2. The lowest BCUT2D eigenvalue weighted by atomic mass is 9.12. The van der Waals surface area contributed by atoms with Crippen LogP contribution in [0.1, 0.15) is 5.56 Å². The number of rotatable bonds is 7. The quantitative estimate of drug-likeness (QED) is 0.0592. The monoisotopic (exact) mass is 928 g/mol. The van der Waals surface area contributed by atoms with E-state index in [4.69, 9.17) is 0 Å². The molecule has 6 aromatic rings. The van der Waals surface area contributed by atoms with Gasteiger partial charge in [-0.1, -0.05) is 12.1 Å². The SMILES string of the molecule is CS(=O)(=O)c1cccc(C[n+]2ccncc2)c1.Fc1c(F)c(F)c([B-](c2c(F)c(F)c(F)c(F)c2F)(c2c(F)c(F)c(F)c(F)c2F)c2c(F)c(F)c(F)c(F)c2F)c(F)c1F. The number of sulfone groups is 1. The molecule has 0 spiro atoms. The normalized spacial score (nSPS) is 11.8. The summed E-state index contributed by atoms with van der Waals surface area (Å²) in [4.78, 5) is 4.28. The molecule has 0 saturated heterocycles. The minimum Gasteiger partial charge on any atom is -0.252 e. The van der Waals surface area contributed by atoms with Crippen molar-refractivity contribution in [3.05, 3.63) is 171 Å². The Morgan fingerprint density at radius 2 is 0.694 bits per heavy atom. The van der Waals surface area contributed by atoms with Crippen molar-refractivity contribution in [1.82, 2.24) is 4.98 Å². The first-order chi connectivity index (χ1) is 28.8. The van der Waals surface area contributed by atoms with Gasteiger partial charge in [-0.2, -0.15) is 4.57 Å². The van der Waals surface area contributed by atoms with E-state index < -0.39 is 154 Å². The lowest BCUT2D eigenvalue weighted by Gasteiger charge is -2.44. The minimum atomic E-state index is -7.22. The molecule has 0 radical (unpaired) electrons. The van der Waals surface area contributed by atoms with Gasteiger partial charge >= 0.3 is 0 Å². The molecule has 0 saturated carbocycles. The zero-order chi connectivity index (χ0) is 46.7. The second-order valence-corrected chi connectivity index (χ2v) is 14.7. The zero-order valence-corrected chi connectivity index (χ0v) is 30.4. The molecule has 0 aliphatic carbocycles. The molecular formula is C36H13BF20N2O2S. The molecule has 1 heterocycles. The van der Waals surface area contributed by atoms with Gasteiger partial charge in [0.25, 0.3) is 0 Å². The number of hydrogen-bond acceptors (Lipinski definition) is 3. The second-order valence-electron chi connectivity index (χ2n) is 12.6. The maximum absolute atomic E-state index is 15.4. The molecule has 328 valence electrons. The van der Waals surface area contributed by atoms with Crippen LogP contribution in [0.3, 0.4) is 0 Å². The average molecular weight is 928 g/mol. The summed E-state index contributed by atoms with van der Waals surface area (Å²) in [6.07, 6.45) is 1.07. The van der Waals surface area contributed by atoms with Crippen LogP contribution in [0.2, 0.25) is 0 Å². The van der Waals surface area contributed by atoms with Crippen molar-refractivity contribution in [1.29, 1.82) is 0 Å². The fourth-order valence-corrected chi connectivity index (χ4v) is 7.10. The van der Waals surface area contributed by atoms with Crippen molar-refractivity contribution < 1.29 is 101 Å². The fourth-order valence-electron chi connectivity index (χ4n) is 6.41. The Bertz CT molecular complexity index is 2540. The molecule has 6 rings (SSSR count). The van der Waals surface area contributed by atoms with Gasteiger partial charge in [0.2, 0.25) is 0 Å². The van der Waals surface area contributed by atoms with Gasteiger partial charge < -0.3 is 0 Å². The van der Waals surface area contributed by atoms with Crippen molar-refractivity contribution in [2.45, 2.75) is 11.4 Å². The van der Waals surface area contributed by atoms with Gasteiger partial charge in [-0.15, -0.1) is 21.9 Å². The Hall–Kier alpha value is -6.21. The molecule has 0 N–H and O–H groups in total. The first-order valence-electron chi connectivity index (χ1n) is 16.1. The van der Waals surface area contributed by atoms with Crippen molar-refractivity contribution in [3.8, 4) is 0 Å². The Morgan fingerprint density at radius 1 is 0.435 bits per heavy atom. The van der Waals surface area contributed by atoms with Gasteiger partial charge in [-0.3, -0.25) is 4.98 Å². The molecular weight excluding hydrogens is 915 g/mol. The molecule has 0 aliphatic heterocycles. The van der Waals surface area contributed by atoms with Crippen molar-refractivity contribution in [3.63, 3.8) is 0 Å². The molecule has 5 aromatic carbocycles. The lowest BCUT2D eigenvalue weighted by molar-refractivity contribution is -0.688. The molecule has 0 amide bonds. The molecule has 1 aromatic heterocycles. The van der Waals surface area contributed by atoms with Crippen molar-refractivity contribution in [2.24, 2.45) is 0 Å². The van der Waals surface area contributed by atoms with Crippen LogP contribution < -0.4 is 26.4 Å². The number of halogens is 20. The van der Waals surface area contributed by atoms with Gasteiger partial charge in [0, 0.05) is 11.8 Å². The molecule has 4 nitrogen and oxygen atoms in total. The third kappa shape index (κ3) is 7.46.